The summed E-state index contributed by atoms with van der Waals surface area (Å²) in [5.41, 5.74) is -0.606. The van der Waals surface area contributed by atoms with Crippen LogP contribution >= 0.6 is 0 Å². The predicted molar refractivity (Wildman–Crippen MR) is 81.2 cm³/mol. The molecule has 21 heavy (non-hydrogen) atoms. The molecule has 5 heteroatoms. The summed E-state index contributed by atoms with van der Waals surface area (Å²) in [4.78, 5) is 25.3. The molecule has 1 saturated heterocycles. The summed E-state index contributed by atoms with van der Waals surface area (Å²) in [7, 11) is 0. The normalized spacial score (nSPS) is 23.2. The Hall–Kier alpha value is -1.26. The van der Waals surface area contributed by atoms with Crippen molar-refractivity contribution in [2.24, 2.45) is 11.8 Å². The Bertz CT molecular complexity index is 373. The van der Waals surface area contributed by atoms with Gasteiger partial charge in [0.2, 0.25) is 0 Å². The van der Waals surface area contributed by atoms with Crippen molar-refractivity contribution >= 4 is 12.1 Å². The SMILES string of the molecule is CC(C)CC[C@@H]1CCCN(C(=O)OC(C)(C)C)[C@H]1C(=O)O. The maximum absolute atomic E-state index is 12.3. The monoisotopic (exact) mass is 299 g/mol. The van der Waals surface area contributed by atoms with Gasteiger partial charge in [0.15, 0.2) is 0 Å². The molecule has 1 aliphatic rings. The van der Waals surface area contributed by atoms with Crippen LogP contribution in [0.2, 0.25) is 0 Å². The molecule has 1 fully saturated rings. The molecule has 0 saturated carbocycles. The summed E-state index contributed by atoms with van der Waals surface area (Å²) < 4.78 is 5.36. The Balaban J connectivity index is 2.81. The van der Waals surface area contributed by atoms with Gasteiger partial charge in [-0.3, -0.25) is 4.90 Å². The smallest absolute Gasteiger partial charge is 0.411 e. The first-order valence-electron chi connectivity index (χ1n) is 7.84. The van der Waals surface area contributed by atoms with Gasteiger partial charge in [0.05, 0.1) is 0 Å². The molecule has 1 N–H and O–H groups in total. The van der Waals surface area contributed by atoms with Crippen LogP contribution in [0.1, 0.15) is 60.3 Å². The van der Waals surface area contributed by atoms with E-state index in [-0.39, 0.29) is 5.92 Å². The molecular weight excluding hydrogens is 270 g/mol. The van der Waals surface area contributed by atoms with E-state index in [1.54, 1.807) is 20.8 Å². The Kier molecular flexibility index (Phi) is 6.05. The van der Waals surface area contributed by atoms with Crippen molar-refractivity contribution in [1.82, 2.24) is 4.90 Å². The van der Waals surface area contributed by atoms with E-state index in [2.05, 4.69) is 13.8 Å². The minimum Gasteiger partial charge on any atom is -0.480 e. The van der Waals surface area contributed by atoms with E-state index < -0.39 is 23.7 Å². The number of hydrogen-bond donors (Lipinski definition) is 1. The highest BCUT2D eigenvalue weighted by Gasteiger charge is 2.40. The molecule has 0 aromatic heterocycles. The van der Waals surface area contributed by atoms with Crippen molar-refractivity contribution < 1.29 is 19.4 Å². The van der Waals surface area contributed by atoms with E-state index in [1.807, 2.05) is 0 Å². The number of carbonyl (C=O) groups excluding carboxylic acids is 1. The van der Waals surface area contributed by atoms with Gasteiger partial charge in [-0.2, -0.15) is 0 Å². The van der Waals surface area contributed by atoms with Crippen LogP contribution in [0.5, 0.6) is 0 Å². The number of rotatable bonds is 4. The van der Waals surface area contributed by atoms with Crippen molar-refractivity contribution in [2.45, 2.75) is 71.9 Å². The van der Waals surface area contributed by atoms with Gasteiger partial charge in [0, 0.05) is 6.54 Å². The van der Waals surface area contributed by atoms with Crippen LogP contribution in [-0.2, 0) is 9.53 Å². The molecule has 5 nitrogen and oxygen atoms in total. The largest absolute Gasteiger partial charge is 0.480 e. The maximum Gasteiger partial charge on any atom is 0.411 e. The van der Waals surface area contributed by atoms with Gasteiger partial charge in [0.25, 0.3) is 0 Å². The zero-order valence-electron chi connectivity index (χ0n) is 13.9. The third kappa shape index (κ3) is 5.56. The molecule has 0 aliphatic carbocycles. The van der Waals surface area contributed by atoms with Gasteiger partial charge in [-0.1, -0.05) is 20.3 Å². The van der Waals surface area contributed by atoms with Crippen molar-refractivity contribution in [3.63, 3.8) is 0 Å². The Labute approximate surface area is 127 Å². The zero-order valence-corrected chi connectivity index (χ0v) is 13.9. The highest BCUT2D eigenvalue weighted by Crippen LogP contribution is 2.30. The van der Waals surface area contributed by atoms with Gasteiger partial charge >= 0.3 is 12.1 Å². The molecule has 0 aromatic rings. The highest BCUT2D eigenvalue weighted by atomic mass is 16.6. The van der Waals surface area contributed by atoms with E-state index in [1.165, 1.54) is 4.90 Å². The molecule has 1 rings (SSSR count). The number of aliphatic carboxylic acids is 1. The molecule has 1 aliphatic heterocycles. The Morgan fingerprint density at radius 3 is 2.43 bits per heavy atom. The average Bonchev–Trinajstić information content (AvgIpc) is 2.33. The lowest BCUT2D eigenvalue weighted by Gasteiger charge is -2.39. The third-order valence-corrected chi connectivity index (χ3v) is 3.75. The summed E-state index contributed by atoms with van der Waals surface area (Å²) in [5.74, 6) is -0.364. The number of carboxylic acids is 1. The standard InChI is InChI=1S/C16H29NO4/c1-11(2)8-9-12-7-6-10-17(13(12)14(18)19)15(20)21-16(3,4)5/h11-13H,6-10H2,1-5H3,(H,18,19)/t12-,13+/m0/s1. The fourth-order valence-electron chi connectivity index (χ4n) is 2.79. The summed E-state index contributed by atoms with van der Waals surface area (Å²) in [6.07, 6.45) is 3.02. The van der Waals surface area contributed by atoms with E-state index in [0.29, 0.717) is 12.5 Å². The number of ether oxygens (including phenoxy) is 1. The van der Waals surface area contributed by atoms with Gasteiger partial charge in [-0.05, 0) is 51.9 Å². The maximum atomic E-state index is 12.3. The molecule has 0 radical (unpaired) electrons. The van der Waals surface area contributed by atoms with E-state index in [9.17, 15) is 14.7 Å². The molecule has 2 atom stereocenters. The molecule has 0 unspecified atom stereocenters. The van der Waals surface area contributed by atoms with Crippen LogP contribution in [0.3, 0.4) is 0 Å². The molecule has 0 spiro atoms. The summed E-state index contributed by atoms with van der Waals surface area (Å²) in [6.45, 7) is 10.1. The summed E-state index contributed by atoms with van der Waals surface area (Å²) in [6, 6.07) is -0.757. The molecule has 1 amide bonds. The second-order valence-electron chi connectivity index (χ2n) is 7.33. The first-order valence-corrected chi connectivity index (χ1v) is 7.84. The van der Waals surface area contributed by atoms with Crippen LogP contribution in [0, 0.1) is 11.8 Å². The minimum absolute atomic E-state index is 0.0196. The Morgan fingerprint density at radius 1 is 1.33 bits per heavy atom. The van der Waals surface area contributed by atoms with Crippen molar-refractivity contribution in [3.8, 4) is 0 Å². The number of carbonyl (C=O) groups is 2. The molecule has 0 aromatic carbocycles. The Morgan fingerprint density at radius 2 is 1.95 bits per heavy atom. The lowest BCUT2D eigenvalue weighted by Crippen LogP contribution is -2.53. The number of hydrogen-bond acceptors (Lipinski definition) is 3. The topological polar surface area (TPSA) is 66.8 Å². The van der Waals surface area contributed by atoms with E-state index >= 15 is 0 Å². The van der Waals surface area contributed by atoms with Crippen molar-refractivity contribution in [3.05, 3.63) is 0 Å². The number of amides is 1. The van der Waals surface area contributed by atoms with Gasteiger partial charge in [-0.25, -0.2) is 9.59 Å². The first-order chi connectivity index (χ1) is 9.61. The van der Waals surface area contributed by atoms with E-state index in [4.69, 9.17) is 4.74 Å². The molecule has 122 valence electrons. The van der Waals surface area contributed by atoms with Gasteiger partial charge in [0.1, 0.15) is 11.6 Å². The lowest BCUT2D eigenvalue weighted by molar-refractivity contribution is -0.147. The number of nitrogens with zero attached hydrogens (tertiary/aromatic N) is 1. The summed E-state index contributed by atoms with van der Waals surface area (Å²) >= 11 is 0. The minimum atomic E-state index is -0.922. The fourth-order valence-corrected chi connectivity index (χ4v) is 2.79. The van der Waals surface area contributed by atoms with Gasteiger partial charge in [-0.15, -0.1) is 0 Å². The zero-order chi connectivity index (χ0) is 16.2. The molecular formula is C16H29NO4. The second kappa shape index (κ2) is 7.14. The van der Waals surface area contributed by atoms with E-state index in [0.717, 1.165) is 25.7 Å². The number of likely N-dealkylation sites (tertiary alicyclic amines) is 1. The van der Waals surface area contributed by atoms with Crippen LogP contribution in [0.4, 0.5) is 4.79 Å². The van der Waals surface area contributed by atoms with Crippen LogP contribution in [0.25, 0.3) is 0 Å². The average molecular weight is 299 g/mol. The molecule has 0 bridgehead atoms. The second-order valence-corrected chi connectivity index (χ2v) is 7.33. The summed E-state index contributed by atoms with van der Waals surface area (Å²) in [5, 5.41) is 9.54. The van der Waals surface area contributed by atoms with Crippen LogP contribution in [0.15, 0.2) is 0 Å². The predicted octanol–water partition coefficient (Wildman–Crippen LogP) is 3.52. The lowest BCUT2D eigenvalue weighted by atomic mass is 9.84. The van der Waals surface area contributed by atoms with Crippen molar-refractivity contribution in [1.29, 1.82) is 0 Å². The van der Waals surface area contributed by atoms with Crippen LogP contribution in [-0.4, -0.2) is 40.3 Å². The quantitative estimate of drug-likeness (QED) is 0.862. The van der Waals surface area contributed by atoms with Crippen LogP contribution < -0.4 is 0 Å². The van der Waals surface area contributed by atoms with Crippen molar-refractivity contribution in [2.75, 3.05) is 6.54 Å². The number of carboxylic acid groups (broad SMARTS) is 1. The highest BCUT2D eigenvalue weighted by molar-refractivity contribution is 5.80. The van der Waals surface area contributed by atoms with Gasteiger partial charge < -0.3 is 9.84 Å². The first kappa shape index (κ1) is 17.8. The fraction of sp³-hybridized carbons (Fsp3) is 0.875. The number of piperidine rings is 1. The third-order valence-electron chi connectivity index (χ3n) is 3.75. The molecule has 1 heterocycles.